The number of thiazole rings is 1. The number of nitrogen functional groups attached to an aromatic ring is 1. The van der Waals surface area contributed by atoms with Crippen molar-refractivity contribution in [2.24, 2.45) is 0 Å². The fraction of sp³-hybridized carbons (Fsp3) is 0.400. The van der Waals surface area contributed by atoms with E-state index < -0.39 is 0 Å². The van der Waals surface area contributed by atoms with Crippen LogP contribution in [-0.4, -0.2) is 4.98 Å². The molecule has 0 aliphatic heterocycles. The molecule has 1 aliphatic rings. The zero-order valence-corrected chi connectivity index (χ0v) is 12.8. The molecule has 1 aliphatic carbocycles. The molecule has 1 saturated carbocycles. The second kappa shape index (κ2) is 5.72. The number of nitrogens with two attached hydrogens (primary N) is 1. The van der Waals surface area contributed by atoms with Crippen molar-refractivity contribution < 1.29 is 0 Å². The van der Waals surface area contributed by atoms with E-state index in [2.05, 4.69) is 22.4 Å². The van der Waals surface area contributed by atoms with E-state index in [0.29, 0.717) is 5.13 Å². The van der Waals surface area contributed by atoms with Crippen molar-refractivity contribution in [3.05, 3.63) is 45.9 Å². The highest BCUT2D eigenvalue weighted by atomic mass is 35.5. The molecule has 3 nitrogen and oxygen atoms in total. The minimum absolute atomic E-state index is 0.0728. The molecular weight excluding hydrogens is 290 g/mol. The summed E-state index contributed by atoms with van der Waals surface area (Å²) in [5.74, 6) is 0. The van der Waals surface area contributed by atoms with E-state index in [0.717, 1.165) is 11.6 Å². The van der Waals surface area contributed by atoms with Gasteiger partial charge in [-0.3, -0.25) is 0 Å². The lowest BCUT2D eigenvalue weighted by Crippen LogP contribution is -2.39. The third-order valence-corrected chi connectivity index (χ3v) is 5.10. The SMILES string of the molecule is Nc1ncc(CNC2(c3ccc(Cl)cc3)CCCC2)s1. The molecule has 5 heteroatoms. The van der Waals surface area contributed by atoms with Gasteiger partial charge in [0.25, 0.3) is 0 Å². The summed E-state index contributed by atoms with van der Waals surface area (Å²) in [6.07, 6.45) is 6.73. The van der Waals surface area contributed by atoms with E-state index in [1.54, 1.807) is 11.3 Å². The highest BCUT2D eigenvalue weighted by molar-refractivity contribution is 7.15. The summed E-state index contributed by atoms with van der Waals surface area (Å²) in [6.45, 7) is 0.817. The standard InChI is InChI=1S/C15H18ClN3S/c16-12-5-3-11(4-6-12)15(7-1-2-8-15)19-10-13-9-18-14(17)20-13/h3-6,9,19H,1-2,7-8,10H2,(H2,17,18). The van der Waals surface area contributed by atoms with Gasteiger partial charge in [-0.1, -0.05) is 36.6 Å². The van der Waals surface area contributed by atoms with Gasteiger partial charge in [-0.15, -0.1) is 11.3 Å². The number of aromatic nitrogens is 1. The lowest BCUT2D eigenvalue weighted by Gasteiger charge is -2.31. The lowest BCUT2D eigenvalue weighted by molar-refractivity contribution is 0.340. The van der Waals surface area contributed by atoms with Gasteiger partial charge in [0.05, 0.1) is 0 Å². The summed E-state index contributed by atoms with van der Waals surface area (Å²) >= 11 is 7.55. The van der Waals surface area contributed by atoms with Crippen LogP contribution < -0.4 is 11.1 Å². The molecule has 20 heavy (non-hydrogen) atoms. The quantitative estimate of drug-likeness (QED) is 0.899. The maximum Gasteiger partial charge on any atom is 0.180 e. The molecule has 0 bridgehead atoms. The second-order valence-corrected chi connectivity index (χ2v) is 6.90. The van der Waals surface area contributed by atoms with Crippen LogP contribution >= 0.6 is 22.9 Å². The number of rotatable bonds is 4. The van der Waals surface area contributed by atoms with Crippen molar-refractivity contribution in [1.29, 1.82) is 0 Å². The van der Waals surface area contributed by atoms with Gasteiger partial charge in [0.15, 0.2) is 5.13 Å². The molecular formula is C15H18ClN3S. The summed E-state index contributed by atoms with van der Waals surface area (Å²) in [5.41, 5.74) is 7.09. The van der Waals surface area contributed by atoms with E-state index in [-0.39, 0.29) is 5.54 Å². The highest BCUT2D eigenvalue weighted by Gasteiger charge is 2.35. The van der Waals surface area contributed by atoms with Crippen LogP contribution in [-0.2, 0) is 12.1 Å². The number of hydrogen-bond donors (Lipinski definition) is 2. The summed E-state index contributed by atoms with van der Waals surface area (Å²) in [6, 6.07) is 8.23. The van der Waals surface area contributed by atoms with Crippen LogP contribution in [0.2, 0.25) is 5.02 Å². The first-order valence-corrected chi connectivity index (χ1v) is 8.09. The Morgan fingerprint density at radius 2 is 1.95 bits per heavy atom. The maximum absolute atomic E-state index is 6.00. The van der Waals surface area contributed by atoms with Gasteiger partial charge in [-0.05, 0) is 30.5 Å². The molecule has 2 aromatic rings. The molecule has 0 amide bonds. The number of nitrogens with zero attached hydrogens (tertiary/aromatic N) is 1. The van der Waals surface area contributed by atoms with Crippen molar-refractivity contribution in [3.8, 4) is 0 Å². The minimum atomic E-state index is 0.0728. The molecule has 0 atom stereocenters. The topological polar surface area (TPSA) is 50.9 Å². The average Bonchev–Trinajstić information content (AvgIpc) is 3.07. The molecule has 0 spiro atoms. The summed E-state index contributed by atoms with van der Waals surface area (Å²) in [7, 11) is 0. The fourth-order valence-corrected chi connectivity index (χ4v) is 3.73. The summed E-state index contributed by atoms with van der Waals surface area (Å²) in [4.78, 5) is 5.29. The Morgan fingerprint density at radius 3 is 2.55 bits per heavy atom. The largest absolute Gasteiger partial charge is 0.375 e. The Morgan fingerprint density at radius 1 is 1.25 bits per heavy atom. The molecule has 0 saturated heterocycles. The van der Waals surface area contributed by atoms with Gasteiger partial charge in [0, 0.05) is 28.2 Å². The number of anilines is 1. The Labute approximate surface area is 128 Å². The van der Waals surface area contributed by atoms with Crippen LogP contribution in [0.15, 0.2) is 30.5 Å². The zero-order chi connectivity index (χ0) is 14.0. The Kier molecular flexibility index (Phi) is 3.96. The smallest absolute Gasteiger partial charge is 0.180 e. The summed E-state index contributed by atoms with van der Waals surface area (Å²) < 4.78 is 0. The number of nitrogens with one attached hydrogen (secondary N) is 1. The van der Waals surface area contributed by atoms with Crippen LogP contribution in [0.4, 0.5) is 5.13 Å². The van der Waals surface area contributed by atoms with Gasteiger partial charge in [-0.2, -0.15) is 0 Å². The van der Waals surface area contributed by atoms with Crippen LogP contribution in [0.1, 0.15) is 36.1 Å². The van der Waals surface area contributed by atoms with Gasteiger partial charge in [0.1, 0.15) is 0 Å². The Balaban J connectivity index is 1.79. The first-order valence-electron chi connectivity index (χ1n) is 6.89. The predicted octanol–water partition coefficient (Wildman–Crippen LogP) is 3.94. The Bertz CT molecular complexity index is 573. The van der Waals surface area contributed by atoms with E-state index in [9.17, 15) is 0 Å². The average molecular weight is 308 g/mol. The third kappa shape index (κ3) is 2.82. The van der Waals surface area contributed by atoms with E-state index in [1.807, 2.05) is 18.3 Å². The molecule has 0 radical (unpaired) electrons. The molecule has 0 unspecified atom stereocenters. The molecule has 1 fully saturated rings. The van der Waals surface area contributed by atoms with Crippen LogP contribution in [0.3, 0.4) is 0 Å². The van der Waals surface area contributed by atoms with Gasteiger partial charge in [0.2, 0.25) is 0 Å². The van der Waals surface area contributed by atoms with Crippen molar-refractivity contribution in [3.63, 3.8) is 0 Å². The lowest BCUT2D eigenvalue weighted by atomic mass is 9.88. The fourth-order valence-electron chi connectivity index (χ4n) is 2.98. The van der Waals surface area contributed by atoms with E-state index in [4.69, 9.17) is 17.3 Å². The van der Waals surface area contributed by atoms with Gasteiger partial charge in [-0.25, -0.2) is 4.98 Å². The van der Waals surface area contributed by atoms with Gasteiger partial charge < -0.3 is 11.1 Å². The highest BCUT2D eigenvalue weighted by Crippen LogP contribution is 2.39. The molecule has 1 heterocycles. The zero-order valence-electron chi connectivity index (χ0n) is 11.2. The van der Waals surface area contributed by atoms with E-state index in [1.165, 1.54) is 36.1 Å². The van der Waals surface area contributed by atoms with E-state index >= 15 is 0 Å². The number of benzene rings is 1. The molecule has 3 N–H and O–H groups in total. The van der Waals surface area contributed by atoms with Crippen molar-refractivity contribution in [1.82, 2.24) is 10.3 Å². The predicted molar refractivity (Wildman–Crippen MR) is 85.0 cm³/mol. The summed E-state index contributed by atoms with van der Waals surface area (Å²) in [5, 5.41) is 5.15. The third-order valence-electron chi connectivity index (χ3n) is 4.03. The monoisotopic (exact) mass is 307 g/mol. The first kappa shape index (κ1) is 13.9. The minimum Gasteiger partial charge on any atom is -0.375 e. The number of halogens is 1. The van der Waals surface area contributed by atoms with Crippen LogP contribution in [0.5, 0.6) is 0 Å². The van der Waals surface area contributed by atoms with Gasteiger partial charge >= 0.3 is 0 Å². The number of hydrogen-bond acceptors (Lipinski definition) is 4. The maximum atomic E-state index is 6.00. The molecule has 3 rings (SSSR count). The van der Waals surface area contributed by atoms with Crippen molar-refractivity contribution in [2.75, 3.05) is 5.73 Å². The molecule has 1 aromatic heterocycles. The molecule has 106 valence electrons. The Hall–Kier alpha value is -1.10. The van der Waals surface area contributed by atoms with Crippen molar-refractivity contribution >= 4 is 28.1 Å². The van der Waals surface area contributed by atoms with Crippen LogP contribution in [0, 0.1) is 0 Å². The molecule has 1 aromatic carbocycles. The second-order valence-electron chi connectivity index (χ2n) is 5.31. The van der Waals surface area contributed by atoms with Crippen molar-refractivity contribution in [2.45, 2.75) is 37.8 Å². The normalized spacial score (nSPS) is 17.4. The first-order chi connectivity index (χ1) is 9.68. The van der Waals surface area contributed by atoms with Crippen LogP contribution in [0.25, 0.3) is 0 Å².